The third kappa shape index (κ3) is 3.29. The van der Waals surface area contributed by atoms with E-state index >= 15 is 0 Å². The summed E-state index contributed by atoms with van der Waals surface area (Å²) < 4.78 is 4.85. The standard InChI is InChI=1S/C10H8ClN3O3.C2H6/c1-2-17-10(16)5-3-6(11)14-8-7(5)12-4-13-9(8)15;1-2/h3-4H,2H2,1H3,(H,12,13,15);1-2H3. The molecule has 0 atom stereocenters. The van der Waals surface area contributed by atoms with Gasteiger partial charge in [0.2, 0.25) is 0 Å². The summed E-state index contributed by atoms with van der Waals surface area (Å²) in [5.41, 5.74) is -0.129. The molecule has 6 nitrogen and oxygen atoms in total. The smallest absolute Gasteiger partial charge is 0.340 e. The molecule has 2 aromatic heterocycles. The number of hydrogen-bond acceptors (Lipinski definition) is 5. The van der Waals surface area contributed by atoms with Crippen LogP contribution in [0.5, 0.6) is 0 Å². The summed E-state index contributed by atoms with van der Waals surface area (Å²) in [7, 11) is 0. The Morgan fingerprint density at radius 1 is 1.42 bits per heavy atom. The summed E-state index contributed by atoms with van der Waals surface area (Å²) in [5.74, 6) is -0.583. The third-order valence-electron chi connectivity index (χ3n) is 2.06. The summed E-state index contributed by atoms with van der Waals surface area (Å²) in [6.45, 7) is 5.91. The summed E-state index contributed by atoms with van der Waals surface area (Å²) in [4.78, 5) is 33.3. The molecule has 102 valence electrons. The molecule has 2 aromatic rings. The molecule has 0 aliphatic carbocycles. The molecule has 0 unspecified atom stereocenters. The summed E-state index contributed by atoms with van der Waals surface area (Å²) in [6, 6.07) is 1.33. The number of esters is 1. The number of hydrogen-bond donors (Lipinski definition) is 1. The molecule has 1 N–H and O–H groups in total. The number of carbonyl (C=O) groups is 1. The van der Waals surface area contributed by atoms with Crippen molar-refractivity contribution in [3.8, 4) is 0 Å². The van der Waals surface area contributed by atoms with Gasteiger partial charge in [-0.05, 0) is 13.0 Å². The Balaban J connectivity index is 0.000000861. The van der Waals surface area contributed by atoms with Crippen molar-refractivity contribution in [2.75, 3.05) is 6.61 Å². The second-order valence-corrected chi connectivity index (χ2v) is 3.53. The SMILES string of the molecule is CC.CCOC(=O)c1cc(Cl)nc2c(=O)[nH]cnc12. The fourth-order valence-corrected chi connectivity index (χ4v) is 1.58. The normalized spacial score (nSPS) is 9.68. The molecule has 0 bridgehead atoms. The molecule has 0 spiro atoms. The predicted molar refractivity (Wildman–Crippen MR) is 72.5 cm³/mol. The number of aromatic nitrogens is 3. The average Bonchev–Trinajstić information content (AvgIpc) is 2.41. The van der Waals surface area contributed by atoms with Crippen LogP contribution in [-0.2, 0) is 4.74 Å². The molecule has 7 heteroatoms. The zero-order chi connectivity index (χ0) is 14.4. The van der Waals surface area contributed by atoms with E-state index in [0.717, 1.165) is 0 Å². The minimum absolute atomic E-state index is 0.0167. The van der Waals surface area contributed by atoms with Crippen molar-refractivity contribution >= 4 is 28.6 Å². The van der Waals surface area contributed by atoms with E-state index in [1.165, 1.54) is 12.4 Å². The van der Waals surface area contributed by atoms with Crippen LogP contribution < -0.4 is 5.56 Å². The second kappa shape index (κ2) is 6.84. The number of pyridine rings is 1. The van der Waals surface area contributed by atoms with Crippen molar-refractivity contribution < 1.29 is 9.53 Å². The zero-order valence-corrected chi connectivity index (χ0v) is 11.6. The fourth-order valence-electron chi connectivity index (χ4n) is 1.38. The minimum atomic E-state index is -0.583. The van der Waals surface area contributed by atoms with Crippen LogP contribution in [0.1, 0.15) is 31.1 Å². The van der Waals surface area contributed by atoms with Gasteiger partial charge in [-0.25, -0.2) is 14.8 Å². The Hall–Kier alpha value is -1.95. The van der Waals surface area contributed by atoms with Crippen LogP contribution in [0.4, 0.5) is 0 Å². The van der Waals surface area contributed by atoms with Gasteiger partial charge < -0.3 is 9.72 Å². The summed E-state index contributed by atoms with van der Waals surface area (Å²) in [5, 5.41) is 0.0408. The van der Waals surface area contributed by atoms with E-state index in [2.05, 4.69) is 15.0 Å². The van der Waals surface area contributed by atoms with Gasteiger partial charge in [0.25, 0.3) is 5.56 Å². The van der Waals surface area contributed by atoms with Gasteiger partial charge in [0.05, 0.1) is 18.5 Å². The highest BCUT2D eigenvalue weighted by Crippen LogP contribution is 2.17. The fraction of sp³-hybridized carbons (Fsp3) is 0.333. The first-order valence-corrected chi connectivity index (χ1v) is 6.22. The molecule has 0 saturated carbocycles. The molecule has 2 heterocycles. The maximum Gasteiger partial charge on any atom is 0.340 e. The Labute approximate surface area is 114 Å². The predicted octanol–water partition coefficient (Wildman–Crippen LogP) is 2.17. The van der Waals surface area contributed by atoms with Crippen LogP contribution in [0.3, 0.4) is 0 Å². The molecular formula is C12H14ClN3O3. The topological polar surface area (TPSA) is 84.9 Å². The number of rotatable bonds is 2. The van der Waals surface area contributed by atoms with Gasteiger partial charge in [-0.1, -0.05) is 25.4 Å². The largest absolute Gasteiger partial charge is 0.462 e. The van der Waals surface area contributed by atoms with Crippen LogP contribution >= 0.6 is 11.6 Å². The van der Waals surface area contributed by atoms with E-state index in [4.69, 9.17) is 16.3 Å². The van der Waals surface area contributed by atoms with E-state index < -0.39 is 11.5 Å². The van der Waals surface area contributed by atoms with Crippen molar-refractivity contribution in [1.29, 1.82) is 0 Å². The van der Waals surface area contributed by atoms with Gasteiger partial charge in [0, 0.05) is 0 Å². The van der Waals surface area contributed by atoms with Gasteiger partial charge in [-0.2, -0.15) is 0 Å². The number of H-pyrrole nitrogens is 1. The van der Waals surface area contributed by atoms with Crippen LogP contribution in [-0.4, -0.2) is 27.5 Å². The number of halogens is 1. The Morgan fingerprint density at radius 2 is 2.11 bits per heavy atom. The second-order valence-electron chi connectivity index (χ2n) is 3.14. The molecule has 0 radical (unpaired) electrons. The van der Waals surface area contributed by atoms with Gasteiger partial charge in [-0.15, -0.1) is 0 Å². The van der Waals surface area contributed by atoms with E-state index in [-0.39, 0.29) is 28.4 Å². The Bertz CT molecular complexity index is 640. The van der Waals surface area contributed by atoms with E-state index in [1.54, 1.807) is 6.92 Å². The molecular weight excluding hydrogens is 270 g/mol. The summed E-state index contributed by atoms with van der Waals surface area (Å²) >= 11 is 5.74. The van der Waals surface area contributed by atoms with E-state index in [0.29, 0.717) is 0 Å². The summed E-state index contributed by atoms with van der Waals surface area (Å²) in [6.07, 6.45) is 1.20. The number of aromatic amines is 1. The first-order chi connectivity index (χ1) is 9.13. The number of fused-ring (bicyclic) bond motifs is 1. The van der Waals surface area contributed by atoms with Crippen molar-refractivity contribution in [3.05, 3.63) is 33.5 Å². The molecule has 19 heavy (non-hydrogen) atoms. The van der Waals surface area contributed by atoms with Crippen LogP contribution in [0, 0.1) is 0 Å². The molecule has 0 amide bonds. The van der Waals surface area contributed by atoms with Crippen molar-refractivity contribution in [2.24, 2.45) is 0 Å². The number of nitrogens with zero attached hydrogens (tertiary/aromatic N) is 2. The van der Waals surface area contributed by atoms with Gasteiger partial charge in [0.15, 0.2) is 5.52 Å². The lowest BCUT2D eigenvalue weighted by Crippen LogP contribution is -2.13. The maximum absolute atomic E-state index is 11.7. The lowest BCUT2D eigenvalue weighted by Gasteiger charge is -2.04. The third-order valence-corrected chi connectivity index (χ3v) is 2.25. The minimum Gasteiger partial charge on any atom is -0.462 e. The first-order valence-electron chi connectivity index (χ1n) is 5.84. The molecule has 0 aliphatic rings. The molecule has 0 fully saturated rings. The molecule has 0 aliphatic heterocycles. The number of nitrogens with one attached hydrogen (secondary N) is 1. The highest BCUT2D eigenvalue weighted by atomic mass is 35.5. The number of carbonyl (C=O) groups excluding carboxylic acids is 1. The quantitative estimate of drug-likeness (QED) is 0.674. The molecule has 2 rings (SSSR count). The van der Waals surface area contributed by atoms with E-state index in [9.17, 15) is 9.59 Å². The van der Waals surface area contributed by atoms with Gasteiger partial charge in [-0.3, -0.25) is 4.79 Å². The lowest BCUT2D eigenvalue weighted by molar-refractivity contribution is 0.0528. The molecule has 0 aromatic carbocycles. The van der Waals surface area contributed by atoms with Gasteiger partial charge >= 0.3 is 5.97 Å². The zero-order valence-electron chi connectivity index (χ0n) is 10.9. The molecule has 0 saturated heterocycles. The monoisotopic (exact) mass is 283 g/mol. The maximum atomic E-state index is 11.7. The van der Waals surface area contributed by atoms with Crippen LogP contribution in [0.2, 0.25) is 5.15 Å². The van der Waals surface area contributed by atoms with Crippen molar-refractivity contribution in [2.45, 2.75) is 20.8 Å². The van der Waals surface area contributed by atoms with Crippen molar-refractivity contribution in [1.82, 2.24) is 15.0 Å². The Morgan fingerprint density at radius 3 is 2.74 bits per heavy atom. The highest BCUT2D eigenvalue weighted by molar-refractivity contribution is 6.30. The van der Waals surface area contributed by atoms with E-state index in [1.807, 2.05) is 13.8 Å². The van der Waals surface area contributed by atoms with Crippen molar-refractivity contribution in [3.63, 3.8) is 0 Å². The van der Waals surface area contributed by atoms with Gasteiger partial charge in [0.1, 0.15) is 10.7 Å². The highest BCUT2D eigenvalue weighted by Gasteiger charge is 2.16. The van der Waals surface area contributed by atoms with Crippen LogP contribution in [0.15, 0.2) is 17.2 Å². The first kappa shape index (κ1) is 15.1. The van der Waals surface area contributed by atoms with Crippen LogP contribution in [0.25, 0.3) is 11.0 Å². The Kier molecular flexibility index (Phi) is 5.44. The lowest BCUT2D eigenvalue weighted by atomic mass is 10.2. The average molecular weight is 284 g/mol. The number of ether oxygens (including phenoxy) is 1.